The van der Waals surface area contributed by atoms with Gasteiger partial charge in [-0.25, -0.2) is 5.32 Å². The molecule has 0 unspecified atom stereocenters. The zero-order chi connectivity index (χ0) is 9.26. The van der Waals surface area contributed by atoms with E-state index in [1.54, 1.807) is 6.20 Å². The van der Waals surface area contributed by atoms with E-state index < -0.39 is 0 Å². The van der Waals surface area contributed by atoms with Gasteiger partial charge in [0.25, 0.3) is 0 Å². The van der Waals surface area contributed by atoms with Crippen LogP contribution in [0.5, 0.6) is 0 Å². The monoisotopic (exact) mass is 173 g/mol. The van der Waals surface area contributed by atoms with Crippen molar-refractivity contribution in [2.45, 2.75) is 13.8 Å². The molecule has 1 aromatic heterocycles. The molecular formula is C9H9N4. The molecule has 0 spiro atoms. The molecule has 0 bridgehead atoms. The third-order valence-electron chi connectivity index (χ3n) is 1.80. The topological polar surface area (TPSA) is 51.7 Å². The maximum atomic E-state index is 4.18. The van der Waals surface area contributed by atoms with Crippen LogP contribution in [-0.2, 0) is 0 Å². The molecule has 13 heavy (non-hydrogen) atoms. The summed E-state index contributed by atoms with van der Waals surface area (Å²) < 4.78 is 0. The maximum Gasteiger partial charge on any atom is 0.185 e. The number of aromatic nitrogens is 1. The molecule has 65 valence electrons. The van der Waals surface area contributed by atoms with Gasteiger partial charge < -0.3 is 0 Å². The lowest BCUT2D eigenvalue weighted by Crippen LogP contribution is -2.17. The van der Waals surface area contributed by atoms with Gasteiger partial charge in [0.1, 0.15) is 5.84 Å². The number of aryl methyl sites for hydroxylation is 1. The second kappa shape index (κ2) is 2.97. The number of hydrogen-bond acceptors (Lipinski definition) is 3. The van der Waals surface area contributed by atoms with Crippen molar-refractivity contribution in [1.29, 1.82) is 0 Å². The lowest BCUT2D eigenvalue weighted by atomic mass is 10.2. The number of pyridine rings is 1. The molecule has 4 nitrogen and oxygen atoms in total. The summed E-state index contributed by atoms with van der Waals surface area (Å²) >= 11 is 0. The van der Waals surface area contributed by atoms with Crippen molar-refractivity contribution < 1.29 is 0 Å². The summed E-state index contributed by atoms with van der Waals surface area (Å²) in [6.07, 6.45) is 1.75. The first kappa shape index (κ1) is 7.91. The summed E-state index contributed by atoms with van der Waals surface area (Å²) in [6, 6.07) is 3.81. The number of amidine groups is 2. The van der Waals surface area contributed by atoms with Crippen LogP contribution in [0.15, 0.2) is 28.5 Å². The Hall–Kier alpha value is -1.71. The van der Waals surface area contributed by atoms with E-state index >= 15 is 0 Å². The fraction of sp³-hybridized carbons (Fsp3) is 0.222. The maximum absolute atomic E-state index is 4.18. The molecule has 0 N–H and O–H groups in total. The second-order valence-electron chi connectivity index (χ2n) is 2.82. The van der Waals surface area contributed by atoms with Gasteiger partial charge in [0.15, 0.2) is 5.84 Å². The highest BCUT2D eigenvalue weighted by atomic mass is 15.3. The van der Waals surface area contributed by atoms with Crippen LogP contribution in [0, 0.1) is 6.92 Å². The molecule has 1 radical (unpaired) electrons. The van der Waals surface area contributed by atoms with E-state index in [1.165, 1.54) is 0 Å². The fourth-order valence-corrected chi connectivity index (χ4v) is 1.15. The predicted molar refractivity (Wildman–Crippen MR) is 50.8 cm³/mol. The smallest absolute Gasteiger partial charge is 0.185 e. The van der Waals surface area contributed by atoms with Crippen LogP contribution in [0.4, 0.5) is 0 Å². The Kier molecular flexibility index (Phi) is 1.81. The predicted octanol–water partition coefficient (Wildman–Crippen LogP) is 1.09. The number of nitrogens with zero attached hydrogens (tertiary/aromatic N) is 4. The summed E-state index contributed by atoms with van der Waals surface area (Å²) in [5, 5.41) is 12.0. The lowest BCUT2D eigenvalue weighted by Gasteiger charge is -2.01. The van der Waals surface area contributed by atoms with Crippen molar-refractivity contribution in [1.82, 2.24) is 10.3 Å². The highest BCUT2D eigenvalue weighted by Gasteiger charge is 2.13. The van der Waals surface area contributed by atoms with Gasteiger partial charge in [0, 0.05) is 17.5 Å². The van der Waals surface area contributed by atoms with Gasteiger partial charge >= 0.3 is 0 Å². The van der Waals surface area contributed by atoms with Crippen LogP contribution < -0.4 is 5.32 Å². The molecule has 1 aliphatic rings. The third kappa shape index (κ3) is 1.42. The van der Waals surface area contributed by atoms with Gasteiger partial charge in [-0.15, -0.1) is 10.2 Å². The average molecular weight is 173 g/mol. The molecule has 4 heteroatoms. The highest BCUT2D eigenvalue weighted by molar-refractivity contribution is 6.11. The minimum atomic E-state index is 0.656. The Morgan fingerprint density at radius 3 is 2.62 bits per heavy atom. The quantitative estimate of drug-likeness (QED) is 0.627. The van der Waals surface area contributed by atoms with E-state index in [0.29, 0.717) is 11.7 Å². The molecule has 0 saturated carbocycles. The van der Waals surface area contributed by atoms with Crippen molar-refractivity contribution >= 4 is 11.7 Å². The number of rotatable bonds is 1. The summed E-state index contributed by atoms with van der Waals surface area (Å²) in [5.41, 5.74) is 1.87. The van der Waals surface area contributed by atoms with E-state index in [4.69, 9.17) is 0 Å². The van der Waals surface area contributed by atoms with E-state index in [-0.39, 0.29) is 0 Å². The van der Waals surface area contributed by atoms with Crippen LogP contribution in [0.3, 0.4) is 0 Å². The minimum absolute atomic E-state index is 0.656. The third-order valence-corrected chi connectivity index (χ3v) is 1.80. The molecule has 1 aromatic rings. The molecule has 0 atom stereocenters. The molecule has 0 aliphatic carbocycles. The van der Waals surface area contributed by atoms with Gasteiger partial charge in [-0.1, -0.05) is 0 Å². The summed E-state index contributed by atoms with van der Waals surface area (Å²) in [7, 11) is 0. The molecule has 2 rings (SSSR count). The molecule has 0 saturated heterocycles. The number of hydrogen-bond donors (Lipinski definition) is 0. The van der Waals surface area contributed by atoms with Crippen molar-refractivity contribution in [3.8, 4) is 0 Å². The molecular weight excluding hydrogens is 164 g/mol. The Labute approximate surface area is 76.4 Å². The molecule has 0 amide bonds. The average Bonchev–Trinajstić information content (AvgIpc) is 2.53. The lowest BCUT2D eigenvalue weighted by molar-refractivity contribution is 1.17. The van der Waals surface area contributed by atoms with Crippen LogP contribution in [0.2, 0.25) is 0 Å². The zero-order valence-corrected chi connectivity index (χ0v) is 7.52. The largest absolute Gasteiger partial charge is 0.261 e. The Morgan fingerprint density at radius 1 is 1.15 bits per heavy atom. The molecule has 0 aromatic carbocycles. The molecule has 0 fully saturated rings. The second-order valence-corrected chi connectivity index (χ2v) is 2.82. The Balaban J connectivity index is 2.34. The van der Waals surface area contributed by atoms with Crippen molar-refractivity contribution in [3.05, 3.63) is 29.6 Å². The zero-order valence-electron chi connectivity index (χ0n) is 7.52. The van der Waals surface area contributed by atoms with Gasteiger partial charge in [-0.05, 0) is 26.0 Å². The standard InChI is InChI=1S/C9H9N4/c1-6-8(4-3-5-10-6)9-11-7(2)12-13-9/h3-5H,1-2H3. The first-order valence-corrected chi connectivity index (χ1v) is 4.03. The Bertz CT molecular complexity index is 392. The minimum Gasteiger partial charge on any atom is -0.261 e. The van der Waals surface area contributed by atoms with Gasteiger partial charge in [0.05, 0.1) is 0 Å². The Morgan fingerprint density at radius 2 is 2.00 bits per heavy atom. The normalized spacial score (nSPS) is 14.9. The van der Waals surface area contributed by atoms with Gasteiger partial charge in [-0.3, -0.25) is 4.98 Å². The van der Waals surface area contributed by atoms with Crippen LogP contribution in [-0.4, -0.2) is 16.7 Å². The van der Waals surface area contributed by atoms with Crippen molar-refractivity contribution in [2.24, 2.45) is 10.2 Å². The van der Waals surface area contributed by atoms with Crippen molar-refractivity contribution in [2.75, 3.05) is 0 Å². The van der Waals surface area contributed by atoms with Gasteiger partial charge in [-0.2, -0.15) is 0 Å². The van der Waals surface area contributed by atoms with E-state index in [9.17, 15) is 0 Å². The van der Waals surface area contributed by atoms with Crippen LogP contribution in [0.25, 0.3) is 0 Å². The van der Waals surface area contributed by atoms with Crippen molar-refractivity contribution in [3.63, 3.8) is 0 Å². The summed E-state index contributed by atoms with van der Waals surface area (Å²) in [5.74, 6) is 1.35. The summed E-state index contributed by atoms with van der Waals surface area (Å²) in [4.78, 5) is 4.16. The molecule has 1 aliphatic heterocycles. The van der Waals surface area contributed by atoms with Crippen LogP contribution in [0.1, 0.15) is 18.2 Å². The highest BCUT2D eigenvalue weighted by Crippen LogP contribution is 2.08. The fourth-order valence-electron chi connectivity index (χ4n) is 1.15. The first-order valence-electron chi connectivity index (χ1n) is 4.03. The van der Waals surface area contributed by atoms with E-state index in [0.717, 1.165) is 11.3 Å². The SMILES string of the molecule is CC1=NN=C(c2cccnc2C)[N]1. The molecule has 2 heterocycles. The van der Waals surface area contributed by atoms with Crippen LogP contribution >= 0.6 is 0 Å². The van der Waals surface area contributed by atoms with E-state index in [1.807, 2.05) is 26.0 Å². The van der Waals surface area contributed by atoms with E-state index in [2.05, 4.69) is 20.5 Å². The summed E-state index contributed by atoms with van der Waals surface area (Å²) in [6.45, 7) is 3.75. The first-order chi connectivity index (χ1) is 6.27. The van der Waals surface area contributed by atoms with Gasteiger partial charge in [0.2, 0.25) is 0 Å².